The minimum atomic E-state index is -0.122. The molecule has 4 heterocycles. The second-order valence-electron chi connectivity index (χ2n) is 9.16. The molecule has 7 nitrogen and oxygen atoms in total. The number of pyridine rings is 2. The molecule has 1 saturated carbocycles. The first kappa shape index (κ1) is 20.0. The molecule has 0 radical (unpaired) electrons. The fourth-order valence-electron chi connectivity index (χ4n) is 5.48. The quantitative estimate of drug-likeness (QED) is 0.827. The summed E-state index contributed by atoms with van der Waals surface area (Å²) in [6.07, 6.45) is 9.41. The first-order chi connectivity index (χ1) is 15.1. The van der Waals surface area contributed by atoms with Crippen molar-refractivity contribution in [3.8, 4) is 0 Å². The number of likely N-dealkylation sites (tertiary alicyclic amines) is 1. The molecule has 3 aliphatic rings. The van der Waals surface area contributed by atoms with Crippen molar-refractivity contribution in [1.29, 1.82) is 0 Å². The maximum Gasteiger partial charge on any atom is 0.274 e. The summed E-state index contributed by atoms with van der Waals surface area (Å²) in [7, 11) is 0. The third-order valence-electron chi connectivity index (χ3n) is 7.03. The molecule has 0 aromatic carbocycles. The monoisotopic (exact) mass is 420 g/mol. The third kappa shape index (κ3) is 3.89. The minimum Gasteiger partial charge on any atom is -0.338 e. The van der Waals surface area contributed by atoms with Crippen LogP contribution in [-0.4, -0.2) is 39.4 Å². The van der Waals surface area contributed by atoms with Gasteiger partial charge in [0.2, 0.25) is 5.91 Å². The number of carbonyl (C=O) groups excluding carboxylic acids is 2. The summed E-state index contributed by atoms with van der Waals surface area (Å²) in [4.78, 5) is 44.6. The van der Waals surface area contributed by atoms with Crippen LogP contribution >= 0.6 is 0 Å². The topological polar surface area (TPSA) is 84.3 Å². The number of aromatic nitrogens is 2. The van der Waals surface area contributed by atoms with Gasteiger partial charge in [0, 0.05) is 49.6 Å². The lowest BCUT2D eigenvalue weighted by atomic mass is 9.83. The predicted octanol–water partition coefficient (Wildman–Crippen LogP) is 3.02. The molecule has 31 heavy (non-hydrogen) atoms. The van der Waals surface area contributed by atoms with E-state index in [-0.39, 0.29) is 35.1 Å². The number of carbonyl (C=O) groups is 2. The Morgan fingerprint density at radius 1 is 1.03 bits per heavy atom. The summed E-state index contributed by atoms with van der Waals surface area (Å²) in [5, 5.41) is 2.90. The molecule has 2 fully saturated rings. The number of fused-ring (bicyclic) bond motifs is 4. The summed E-state index contributed by atoms with van der Waals surface area (Å²) >= 11 is 0. The largest absolute Gasteiger partial charge is 0.338 e. The lowest BCUT2D eigenvalue weighted by Crippen LogP contribution is -2.49. The highest BCUT2D eigenvalue weighted by molar-refractivity contribution is 5.94. The maximum atomic E-state index is 13.2. The fraction of sp³-hybridized carbons (Fsp3) is 0.500. The number of hydrogen-bond acceptors (Lipinski definition) is 4. The number of anilines is 1. The molecule has 1 saturated heterocycles. The molecule has 7 heteroatoms. The van der Waals surface area contributed by atoms with E-state index in [1.54, 1.807) is 30.6 Å². The van der Waals surface area contributed by atoms with Gasteiger partial charge in [0.15, 0.2) is 0 Å². The number of amides is 2. The lowest BCUT2D eigenvalue weighted by molar-refractivity contribution is -0.120. The summed E-state index contributed by atoms with van der Waals surface area (Å²) in [6, 6.07) is 7.27. The molecule has 1 N–H and O–H groups in total. The van der Waals surface area contributed by atoms with Crippen molar-refractivity contribution in [2.24, 2.45) is 11.8 Å². The molecule has 1 aliphatic carbocycles. The van der Waals surface area contributed by atoms with Crippen LogP contribution in [0, 0.1) is 11.8 Å². The van der Waals surface area contributed by atoms with Crippen molar-refractivity contribution in [1.82, 2.24) is 14.5 Å². The van der Waals surface area contributed by atoms with Crippen LogP contribution in [0.3, 0.4) is 0 Å². The Kier molecular flexibility index (Phi) is 5.34. The summed E-state index contributed by atoms with van der Waals surface area (Å²) in [5.41, 5.74) is 1.81. The Morgan fingerprint density at radius 3 is 2.65 bits per heavy atom. The Balaban J connectivity index is 1.35. The summed E-state index contributed by atoms with van der Waals surface area (Å²) in [5.74, 6) is 0.343. The smallest absolute Gasteiger partial charge is 0.274 e. The van der Waals surface area contributed by atoms with Crippen molar-refractivity contribution in [2.75, 3.05) is 18.4 Å². The standard InChI is InChI=1S/C24H28N4O3/c29-22(17-5-2-1-3-6-17)26-20-8-9-21-19-11-16(14-28(21)24(20)31)13-27(15-19)23(30)18-7-4-10-25-12-18/h4,7-10,12,16-17,19H,1-3,5-6,11,13-15H2,(H,26,29). The van der Waals surface area contributed by atoms with Crippen LogP contribution in [0.25, 0.3) is 0 Å². The van der Waals surface area contributed by atoms with Gasteiger partial charge in [0.25, 0.3) is 11.5 Å². The van der Waals surface area contributed by atoms with Crippen LogP contribution < -0.4 is 10.9 Å². The van der Waals surface area contributed by atoms with Gasteiger partial charge in [-0.2, -0.15) is 0 Å². The molecule has 5 rings (SSSR count). The zero-order valence-corrected chi connectivity index (χ0v) is 17.6. The molecule has 162 valence electrons. The molecule has 2 atom stereocenters. The molecular weight excluding hydrogens is 392 g/mol. The zero-order chi connectivity index (χ0) is 21.4. The Morgan fingerprint density at radius 2 is 1.87 bits per heavy atom. The average molecular weight is 421 g/mol. The van der Waals surface area contributed by atoms with Crippen molar-refractivity contribution in [2.45, 2.75) is 51.0 Å². The summed E-state index contributed by atoms with van der Waals surface area (Å²) < 4.78 is 1.82. The normalized spacial score (nSPS) is 23.2. The van der Waals surface area contributed by atoms with Gasteiger partial charge in [-0.1, -0.05) is 19.3 Å². The van der Waals surface area contributed by atoms with Gasteiger partial charge in [-0.05, 0) is 49.4 Å². The fourth-order valence-corrected chi connectivity index (χ4v) is 5.48. The average Bonchev–Trinajstić information content (AvgIpc) is 2.81. The first-order valence-electron chi connectivity index (χ1n) is 11.3. The van der Waals surface area contributed by atoms with E-state index in [4.69, 9.17) is 0 Å². The van der Waals surface area contributed by atoms with Crippen LogP contribution in [0.2, 0.25) is 0 Å². The molecule has 0 spiro atoms. The number of nitrogens with one attached hydrogen (secondary N) is 1. The highest BCUT2D eigenvalue weighted by Crippen LogP contribution is 2.36. The molecule has 2 bridgehead atoms. The van der Waals surface area contributed by atoms with E-state index in [0.29, 0.717) is 30.9 Å². The van der Waals surface area contributed by atoms with Crippen LogP contribution in [0.1, 0.15) is 60.5 Å². The van der Waals surface area contributed by atoms with Gasteiger partial charge < -0.3 is 14.8 Å². The van der Waals surface area contributed by atoms with E-state index >= 15 is 0 Å². The van der Waals surface area contributed by atoms with E-state index in [1.807, 2.05) is 15.5 Å². The van der Waals surface area contributed by atoms with Gasteiger partial charge in [-0.25, -0.2) is 0 Å². The molecule has 2 aromatic rings. The van der Waals surface area contributed by atoms with E-state index < -0.39 is 0 Å². The maximum absolute atomic E-state index is 13.2. The first-order valence-corrected chi connectivity index (χ1v) is 11.3. The van der Waals surface area contributed by atoms with Gasteiger partial charge in [-0.15, -0.1) is 0 Å². The number of piperidine rings is 1. The second kappa shape index (κ2) is 8.29. The Bertz CT molecular complexity index is 1040. The molecular formula is C24H28N4O3. The van der Waals surface area contributed by atoms with Gasteiger partial charge in [0.1, 0.15) is 5.69 Å². The van der Waals surface area contributed by atoms with E-state index in [2.05, 4.69) is 10.3 Å². The Hall–Kier alpha value is -2.96. The minimum absolute atomic E-state index is 0.00466. The number of nitrogens with zero attached hydrogens (tertiary/aromatic N) is 3. The Labute approximate surface area is 181 Å². The van der Waals surface area contributed by atoms with Gasteiger partial charge >= 0.3 is 0 Å². The molecule has 2 amide bonds. The molecule has 2 aliphatic heterocycles. The predicted molar refractivity (Wildman–Crippen MR) is 117 cm³/mol. The third-order valence-corrected chi connectivity index (χ3v) is 7.03. The summed E-state index contributed by atoms with van der Waals surface area (Å²) in [6.45, 7) is 1.81. The van der Waals surface area contributed by atoms with Crippen LogP contribution in [0.4, 0.5) is 5.69 Å². The van der Waals surface area contributed by atoms with Crippen LogP contribution in [0.15, 0.2) is 41.5 Å². The SMILES string of the molecule is O=C(Nc1ccc2n(c1=O)CC1CC2CN(C(=O)c2cccnc2)C1)C1CCCCC1. The lowest BCUT2D eigenvalue weighted by Gasteiger charge is -2.42. The highest BCUT2D eigenvalue weighted by Gasteiger charge is 2.37. The van der Waals surface area contributed by atoms with Crippen LogP contribution in [-0.2, 0) is 11.3 Å². The van der Waals surface area contributed by atoms with Gasteiger partial charge in [0.05, 0.1) is 5.56 Å². The van der Waals surface area contributed by atoms with Gasteiger partial charge in [-0.3, -0.25) is 19.4 Å². The highest BCUT2D eigenvalue weighted by atomic mass is 16.2. The second-order valence-corrected chi connectivity index (χ2v) is 9.16. The van der Waals surface area contributed by atoms with E-state index in [9.17, 15) is 14.4 Å². The van der Waals surface area contributed by atoms with Crippen molar-refractivity contribution in [3.63, 3.8) is 0 Å². The molecule has 2 unspecified atom stereocenters. The zero-order valence-electron chi connectivity index (χ0n) is 17.6. The van der Waals surface area contributed by atoms with Crippen molar-refractivity contribution < 1.29 is 9.59 Å². The van der Waals surface area contributed by atoms with Crippen molar-refractivity contribution in [3.05, 3.63) is 58.3 Å². The number of rotatable bonds is 3. The van der Waals surface area contributed by atoms with E-state index in [1.165, 1.54) is 6.42 Å². The van der Waals surface area contributed by atoms with Crippen LogP contribution in [0.5, 0.6) is 0 Å². The van der Waals surface area contributed by atoms with Crippen molar-refractivity contribution >= 4 is 17.5 Å². The molecule has 2 aromatic heterocycles. The van der Waals surface area contributed by atoms with E-state index in [0.717, 1.165) is 37.8 Å². The number of hydrogen-bond donors (Lipinski definition) is 1.